The minimum Gasteiger partial charge on any atom is -0.505 e. The molecule has 4 heteroatoms. The molecule has 2 N–H and O–H groups in total. The lowest BCUT2D eigenvalue weighted by atomic mass is 9.96. The van der Waals surface area contributed by atoms with Crippen molar-refractivity contribution in [3.05, 3.63) is 29.1 Å². The lowest BCUT2D eigenvalue weighted by Crippen LogP contribution is -2.45. The van der Waals surface area contributed by atoms with Crippen molar-refractivity contribution in [2.24, 2.45) is 0 Å². The van der Waals surface area contributed by atoms with Crippen LogP contribution in [0.5, 0.6) is 5.75 Å². The van der Waals surface area contributed by atoms with Crippen molar-refractivity contribution in [3.63, 3.8) is 0 Å². The van der Waals surface area contributed by atoms with Crippen LogP contribution in [0.3, 0.4) is 0 Å². The second-order valence-electron chi connectivity index (χ2n) is 4.84. The van der Waals surface area contributed by atoms with Gasteiger partial charge in [-0.1, -0.05) is 13.0 Å². The summed E-state index contributed by atoms with van der Waals surface area (Å²) in [6.07, 6.45) is 0.873. The van der Waals surface area contributed by atoms with Crippen molar-refractivity contribution in [3.8, 4) is 5.75 Å². The van der Waals surface area contributed by atoms with Crippen LogP contribution < -0.4 is 5.32 Å². The van der Waals surface area contributed by atoms with E-state index >= 15 is 0 Å². The first-order valence-corrected chi connectivity index (χ1v) is 6.58. The summed E-state index contributed by atoms with van der Waals surface area (Å²) in [6, 6.07) is 3.18. The van der Waals surface area contributed by atoms with Crippen molar-refractivity contribution in [2.45, 2.75) is 26.3 Å². The van der Waals surface area contributed by atoms with Gasteiger partial charge in [-0.3, -0.25) is 4.90 Å². The molecule has 0 aromatic heterocycles. The summed E-state index contributed by atoms with van der Waals surface area (Å²) < 4.78 is 13.5. The zero-order chi connectivity index (χ0) is 13.1. The molecule has 0 saturated carbocycles. The Morgan fingerprint density at radius 1 is 1.39 bits per heavy atom. The summed E-state index contributed by atoms with van der Waals surface area (Å²) in [5.41, 5.74) is 1.71. The summed E-state index contributed by atoms with van der Waals surface area (Å²) in [5, 5.41) is 13.3. The molecular weight excluding hydrogens is 231 g/mol. The first-order valence-electron chi connectivity index (χ1n) is 6.58. The van der Waals surface area contributed by atoms with E-state index in [-0.39, 0.29) is 11.8 Å². The highest BCUT2D eigenvalue weighted by Gasteiger charge is 2.25. The number of halogens is 1. The Bertz CT molecular complexity index is 417. The third-order valence-corrected chi connectivity index (χ3v) is 3.70. The molecule has 1 aliphatic rings. The molecule has 1 aromatic rings. The van der Waals surface area contributed by atoms with E-state index in [0.717, 1.165) is 43.7 Å². The van der Waals surface area contributed by atoms with E-state index in [0.29, 0.717) is 0 Å². The first kappa shape index (κ1) is 13.3. The van der Waals surface area contributed by atoms with Gasteiger partial charge in [0.05, 0.1) is 0 Å². The Hall–Kier alpha value is -1.13. The van der Waals surface area contributed by atoms with Gasteiger partial charge in [-0.25, -0.2) is 4.39 Å². The molecule has 0 unspecified atom stereocenters. The number of benzene rings is 1. The fraction of sp³-hybridized carbons (Fsp3) is 0.571. The molecule has 1 fully saturated rings. The van der Waals surface area contributed by atoms with Crippen LogP contribution in [0.4, 0.5) is 4.39 Å². The Balaban J connectivity index is 2.34. The number of phenolic OH excluding ortho intramolecular Hbond substituents is 1. The molecular formula is C14H21FN2O. The lowest BCUT2D eigenvalue weighted by Gasteiger charge is -2.35. The topological polar surface area (TPSA) is 35.5 Å². The second-order valence-corrected chi connectivity index (χ2v) is 4.84. The number of nitrogens with zero attached hydrogens (tertiary/aromatic N) is 1. The maximum atomic E-state index is 13.5. The van der Waals surface area contributed by atoms with Gasteiger partial charge in [0.15, 0.2) is 11.6 Å². The van der Waals surface area contributed by atoms with Crippen molar-refractivity contribution in [1.29, 1.82) is 0 Å². The number of nitrogens with one attached hydrogen (secondary N) is 1. The molecule has 1 aliphatic heterocycles. The molecule has 2 rings (SSSR count). The third-order valence-electron chi connectivity index (χ3n) is 3.70. The van der Waals surface area contributed by atoms with E-state index in [1.807, 2.05) is 6.92 Å². The Labute approximate surface area is 108 Å². The van der Waals surface area contributed by atoms with Crippen LogP contribution in [0.15, 0.2) is 12.1 Å². The molecule has 1 aromatic carbocycles. The largest absolute Gasteiger partial charge is 0.505 e. The number of piperazine rings is 1. The summed E-state index contributed by atoms with van der Waals surface area (Å²) in [6.45, 7) is 7.79. The highest BCUT2D eigenvalue weighted by molar-refractivity contribution is 5.42. The molecule has 0 bridgehead atoms. The van der Waals surface area contributed by atoms with E-state index in [1.54, 1.807) is 6.07 Å². The smallest absolute Gasteiger partial charge is 0.165 e. The van der Waals surface area contributed by atoms with Gasteiger partial charge >= 0.3 is 0 Å². The van der Waals surface area contributed by atoms with E-state index in [1.165, 1.54) is 6.07 Å². The van der Waals surface area contributed by atoms with Gasteiger partial charge in [-0.2, -0.15) is 0 Å². The molecule has 1 saturated heterocycles. The highest BCUT2D eigenvalue weighted by atomic mass is 19.1. The molecule has 1 heterocycles. The Kier molecular flexibility index (Phi) is 4.19. The van der Waals surface area contributed by atoms with Gasteiger partial charge in [-0.15, -0.1) is 0 Å². The van der Waals surface area contributed by atoms with Crippen LogP contribution in [0.2, 0.25) is 0 Å². The number of aromatic hydroxyl groups is 1. The van der Waals surface area contributed by atoms with Gasteiger partial charge in [0.1, 0.15) is 0 Å². The van der Waals surface area contributed by atoms with Crippen molar-refractivity contribution in [1.82, 2.24) is 10.2 Å². The normalized spacial score (nSPS) is 18.8. The van der Waals surface area contributed by atoms with E-state index < -0.39 is 5.82 Å². The van der Waals surface area contributed by atoms with Crippen LogP contribution in [0, 0.1) is 12.7 Å². The Morgan fingerprint density at radius 3 is 2.67 bits per heavy atom. The van der Waals surface area contributed by atoms with Crippen LogP contribution in [-0.4, -0.2) is 36.2 Å². The number of rotatable bonds is 3. The average molecular weight is 252 g/mol. The van der Waals surface area contributed by atoms with Gasteiger partial charge in [-0.05, 0) is 25.0 Å². The molecule has 0 spiro atoms. The first-order chi connectivity index (χ1) is 8.65. The fourth-order valence-corrected chi connectivity index (χ4v) is 2.74. The van der Waals surface area contributed by atoms with E-state index in [4.69, 9.17) is 0 Å². The minimum atomic E-state index is -0.524. The van der Waals surface area contributed by atoms with E-state index in [9.17, 15) is 9.50 Å². The highest BCUT2D eigenvalue weighted by Crippen LogP contribution is 2.35. The van der Waals surface area contributed by atoms with Crippen molar-refractivity contribution >= 4 is 0 Å². The third kappa shape index (κ3) is 2.49. The second kappa shape index (κ2) is 5.67. The summed E-state index contributed by atoms with van der Waals surface area (Å²) >= 11 is 0. The Morgan fingerprint density at radius 2 is 2.06 bits per heavy atom. The zero-order valence-corrected chi connectivity index (χ0v) is 11.0. The number of phenols is 1. The average Bonchev–Trinajstić information content (AvgIpc) is 2.40. The summed E-state index contributed by atoms with van der Waals surface area (Å²) in [4.78, 5) is 2.32. The molecule has 1 atom stereocenters. The standard InChI is InChI=1S/C14H21FN2O/c1-3-12(17-8-6-16-7-9-17)13-10(2)4-5-11(15)14(13)18/h4-5,12,16,18H,3,6-9H2,1-2H3/t12-/m0/s1. The quantitative estimate of drug-likeness (QED) is 0.865. The van der Waals surface area contributed by atoms with Gasteiger partial charge in [0.25, 0.3) is 0 Å². The zero-order valence-electron chi connectivity index (χ0n) is 11.0. The van der Waals surface area contributed by atoms with Gasteiger partial charge in [0.2, 0.25) is 0 Å². The molecule has 0 aliphatic carbocycles. The summed E-state index contributed by atoms with van der Waals surface area (Å²) in [5.74, 6) is -0.704. The van der Waals surface area contributed by atoms with Crippen LogP contribution >= 0.6 is 0 Å². The summed E-state index contributed by atoms with van der Waals surface area (Å²) in [7, 11) is 0. The fourth-order valence-electron chi connectivity index (χ4n) is 2.74. The number of hydrogen-bond acceptors (Lipinski definition) is 3. The van der Waals surface area contributed by atoms with Gasteiger partial charge < -0.3 is 10.4 Å². The van der Waals surface area contributed by atoms with Crippen molar-refractivity contribution in [2.75, 3.05) is 26.2 Å². The van der Waals surface area contributed by atoms with Crippen LogP contribution in [0.25, 0.3) is 0 Å². The molecule has 0 radical (unpaired) electrons. The SMILES string of the molecule is CC[C@@H](c1c(C)ccc(F)c1O)N1CCNCC1. The van der Waals surface area contributed by atoms with Gasteiger partial charge in [0, 0.05) is 37.8 Å². The predicted octanol–water partition coefficient (Wildman–Crippen LogP) is 2.20. The molecule has 18 heavy (non-hydrogen) atoms. The van der Waals surface area contributed by atoms with Crippen LogP contribution in [-0.2, 0) is 0 Å². The van der Waals surface area contributed by atoms with Crippen LogP contribution in [0.1, 0.15) is 30.5 Å². The number of aryl methyl sites for hydroxylation is 1. The van der Waals surface area contributed by atoms with E-state index in [2.05, 4.69) is 17.1 Å². The number of hydrogen-bond donors (Lipinski definition) is 2. The lowest BCUT2D eigenvalue weighted by molar-refractivity contribution is 0.165. The minimum absolute atomic E-state index is 0.0998. The predicted molar refractivity (Wildman–Crippen MR) is 70.3 cm³/mol. The molecule has 3 nitrogen and oxygen atoms in total. The van der Waals surface area contributed by atoms with Crippen molar-refractivity contribution < 1.29 is 9.50 Å². The molecule has 0 amide bonds. The molecule has 100 valence electrons. The monoisotopic (exact) mass is 252 g/mol. The maximum absolute atomic E-state index is 13.5. The maximum Gasteiger partial charge on any atom is 0.165 e.